The van der Waals surface area contributed by atoms with Crippen molar-refractivity contribution >= 4 is 18.9 Å². The molecule has 234 valence electrons. The average Bonchev–Trinajstić information content (AvgIpc) is 3.42. The molecule has 6 nitrogen and oxygen atoms in total. The van der Waals surface area contributed by atoms with E-state index < -0.39 is 19.1 Å². The molecule has 8 rings (SSSR count). The molecule has 4 aliphatic carbocycles. The van der Waals surface area contributed by atoms with Crippen LogP contribution >= 0.6 is 0 Å². The van der Waals surface area contributed by atoms with Crippen molar-refractivity contribution in [3.8, 4) is 0 Å². The van der Waals surface area contributed by atoms with Crippen LogP contribution in [0.3, 0.4) is 0 Å². The van der Waals surface area contributed by atoms with Crippen LogP contribution in [0.15, 0.2) is 84.9 Å². The van der Waals surface area contributed by atoms with Gasteiger partial charge >= 0.3 is 7.12 Å². The van der Waals surface area contributed by atoms with E-state index >= 15 is 0 Å². The number of benzene rings is 3. The number of fused-ring (bicyclic) bond motifs is 1. The molecule has 1 aliphatic heterocycles. The minimum Gasteiger partial charge on any atom is -0.404 e. The van der Waals surface area contributed by atoms with Crippen molar-refractivity contribution in [2.45, 2.75) is 95.3 Å². The van der Waals surface area contributed by atoms with Crippen molar-refractivity contribution in [2.24, 2.45) is 17.3 Å². The van der Waals surface area contributed by atoms with Crippen molar-refractivity contribution in [1.82, 2.24) is 10.6 Å². The lowest BCUT2D eigenvalue weighted by Gasteiger charge is -2.64. The number of carbonyl (C=O) groups is 2. The predicted octanol–water partition coefficient (Wildman–Crippen LogP) is 5.83. The highest BCUT2D eigenvalue weighted by Crippen LogP contribution is 2.65. The molecule has 4 fully saturated rings. The first-order chi connectivity index (χ1) is 21.7. The van der Waals surface area contributed by atoms with Gasteiger partial charge in [-0.15, -0.1) is 0 Å². The molecule has 1 unspecified atom stereocenters. The highest BCUT2D eigenvalue weighted by atomic mass is 16.7. The van der Waals surface area contributed by atoms with E-state index in [0.717, 1.165) is 42.4 Å². The SMILES string of the molecule is CC1(C)[C@@H]2CC3OB([C@H](Cc4ccccc4)NC(=O)[C@H](Cc4ccccc4)NC(=O)[C@H]4CCCc5ccccc54)O[C@@]3(C)[C@H]1C2. The van der Waals surface area contributed by atoms with Crippen LogP contribution in [-0.4, -0.2) is 42.6 Å². The molecule has 0 radical (unpaired) electrons. The Morgan fingerprint density at radius 1 is 0.867 bits per heavy atom. The Hall–Kier alpha value is -3.42. The van der Waals surface area contributed by atoms with Crippen LogP contribution in [0.1, 0.15) is 74.6 Å². The molecule has 0 spiro atoms. The van der Waals surface area contributed by atoms with Gasteiger partial charge in [-0.3, -0.25) is 9.59 Å². The van der Waals surface area contributed by atoms with Crippen LogP contribution in [0.2, 0.25) is 0 Å². The topological polar surface area (TPSA) is 76.7 Å². The monoisotopic (exact) mass is 604 g/mol. The van der Waals surface area contributed by atoms with E-state index in [1.54, 1.807) is 0 Å². The highest BCUT2D eigenvalue weighted by molar-refractivity contribution is 6.48. The molecular weight excluding hydrogens is 559 g/mol. The molecule has 1 saturated heterocycles. The third-order valence-corrected chi connectivity index (χ3v) is 11.5. The molecule has 5 aliphatic rings. The normalized spacial score (nSPS) is 29.0. The summed E-state index contributed by atoms with van der Waals surface area (Å²) >= 11 is 0. The largest absolute Gasteiger partial charge is 0.482 e. The van der Waals surface area contributed by atoms with E-state index in [0.29, 0.717) is 24.7 Å². The number of hydrogen-bond donors (Lipinski definition) is 2. The summed E-state index contributed by atoms with van der Waals surface area (Å²) in [7, 11) is -0.572. The Morgan fingerprint density at radius 3 is 2.24 bits per heavy atom. The van der Waals surface area contributed by atoms with E-state index in [-0.39, 0.29) is 34.9 Å². The number of aryl methyl sites for hydroxylation is 1. The van der Waals surface area contributed by atoms with Crippen LogP contribution in [0.5, 0.6) is 0 Å². The third-order valence-electron chi connectivity index (χ3n) is 11.5. The van der Waals surface area contributed by atoms with Crippen LogP contribution in [0.25, 0.3) is 0 Å². The summed E-state index contributed by atoms with van der Waals surface area (Å²) in [5.41, 5.74) is 4.24. The van der Waals surface area contributed by atoms with Gasteiger partial charge in [-0.2, -0.15) is 0 Å². The van der Waals surface area contributed by atoms with E-state index in [2.05, 4.69) is 55.7 Å². The molecule has 3 aromatic carbocycles. The fourth-order valence-electron chi connectivity index (χ4n) is 8.80. The van der Waals surface area contributed by atoms with Crippen molar-refractivity contribution < 1.29 is 18.9 Å². The molecule has 2 amide bonds. The lowest BCUT2D eigenvalue weighted by molar-refractivity contribution is -0.199. The van der Waals surface area contributed by atoms with Crippen LogP contribution in [0, 0.1) is 17.3 Å². The standard InChI is InChI=1S/C38H45BN2O4/c1-37(2)28-23-32(37)38(3)33(24-28)44-39(45-38)34(22-26-15-8-5-9-16-26)41-36(43)31(21-25-13-6-4-7-14-25)40-35(42)30-20-12-18-27-17-10-11-19-29(27)30/h4-11,13-17,19,28,30-34H,12,18,20-24H2,1-3H3,(H,40,42)(H,41,43)/t28-,30-,31-,32-,33?,34-,38-/m0/s1. The van der Waals surface area contributed by atoms with Gasteiger partial charge in [0.05, 0.1) is 23.6 Å². The highest BCUT2D eigenvalue weighted by Gasteiger charge is 2.68. The molecule has 1 heterocycles. The lowest BCUT2D eigenvalue weighted by Crippen LogP contribution is -2.65. The summed E-state index contributed by atoms with van der Waals surface area (Å²) in [5, 5.41) is 6.51. The lowest BCUT2D eigenvalue weighted by atomic mass is 9.43. The second kappa shape index (κ2) is 12.1. The van der Waals surface area contributed by atoms with Crippen molar-refractivity contribution in [1.29, 1.82) is 0 Å². The fourth-order valence-corrected chi connectivity index (χ4v) is 8.80. The van der Waals surface area contributed by atoms with Gasteiger partial charge in [0, 0.05) is 6.42 Å². The van der Waals surface area contributed by atoms with Crippen LogP contribution < -0.4 is 10.6 Å². The number of carbonyl (C=O) groups excluding carboxylic acids is 2. The molecule has 2 N–H and O–H groups in total. The summed E-state index contributed by atoms with van der Waals surface area (Å²) in [5.74, 6) is 0.0883. The second-order valence-electron chi connectivity index (χ2n) is 14.5. The van der Waals surface area contributed by atoms with Gasteiger partial charge in [0.15, 0.2) is 0 Å². The number of amides is 2. The summed E-state index contributed by atoms with van der Waals surface area (Å²) < 4.78 is 13.5. The number of rotatable bonds is 9. The molecule has 3 aromatic rings. The van der Waals surface area contributed by atoms with Crippen molar-refractivity contribution in [2.75, 3.05) is 0 Å². The smallest absolute Gasteiger partial charge is 0.404 e. The van der Waals surface area contributed by atoms with Gasteiger partial charge in [-0.25, -0.2) is 0 Å². The molecule has 2 bridgehead atoms. The fraction of sp³-hybridized carbons (Fsp3) is 0.474. The predicted molar refractivity (Wildman–Crippen MR) is 176 cm³/mol. The molecular formula is C38H45BN2O4. The molecule has 45 heavy (non-hydrogen) atoms. The van der Waals surface area contributed by atoms with Crippen LogP contribution in [0.4, 0.5) is 0 Å². The summed E-state index contributed by atoms with van der Waals surface area (Å²) in [6.07, 6.45) is 5.85. The Kier molecular flexibility index (Phi) is 8.11. The van der Waals surface area contributed by atoms with Crippen molar-refractivity contribution in [3.63, 3.8) is 0 Å². The first-order valence-electron chi connectivity index (χ1n) is 16.8. The summed E-state index contributed by atoms with van der Waals surface area (Å²) in [6, 6.07) is 27.6. The van der Waals surface area contributed by atoms with E-state index in [1.807, 2.05) is 60.7 Å². The Labute approximate surface area is 267 Å². The maximum atomic E-state index is 14.3. The van der Waals surface area contributed by atoms with E-state index in [1.165, 1.54) is 12.0 Å². The Balaban J connectivity index is 1.14. The van der Waals surface area contributed by atoms with E-state index in [9.17, 15) is 9.59 Å². The minimum atomic E-state index is -0.738. The summed E-state index contributed by atoms with van der Waals surface area (Å²) in [6.45, 7) is 6.92. The minimum absolute atomic E-state index is 0.0145. The van der Waals surface area contributed by atoms with Crippen LogP contribution in [-0.2, 0) is 38.2 Å². The maximum Gasteiger partial charge on any atom is 0.482 e. The van der Waals surface area contributed by atoms with Gasteiger partial charge in [-0.1, -0.05) is 98.8 Å². The van der Waals surface area contributed by atoms with Gasteiger partial charge in [0.1, 0.15) is 6.04 Å². The Bertz CT molecular complexity index is 1530. The quantitative estimate of drug-likeness (QED) is 0.302. The molecule has 7 atom stereocenters. The third kappa shape index (κ3) is 5.74. The molecule has 0 aromatic heterocycles. The number of nitrogens with one attached hydrogen (secondary N) is 2. The second-order valence-corrected chi connectivity index (χ2v) is 14.5. The first kappa shape index (κ1) is 30.3. The maximum absolute atomic E-state index is 14.3. The molecule has 3 saturated carbocycles. The summed E-state index contributed by atoms with van der Waals surface area (Å²) in [4.78, 5) is 28.2. The zero-order valence-corrected chi connectivity index (χ0v) is 26.7. The zero-order valence-electron chi connectivity index (χ0n) is 26.7. The van der Waals surface area contributed by atoms with Gasteiger partial charge in [0.2, 0.25) is 11.8 Å². The Morgan fingerprint density at radius 2 is 1.53 bits per heavy atom. The van der Waals surface area contributed by atoms with Crippen molar-refractivity contribution in [3.05, 3.63) is 107 Å². The van der Waals surface area contributed by atoms with Gasteiger partial charge in [0.25, 0.3) is 0 Å². The number of hydrogen-bond acceptors (Lipinski definition) is 4. The average molecular weight is 605 g/mol. The zero-order chi connectivity index (χ0) is 31.2. The van der Waals surface area contributed by atoms with Gasteiger partial charge < -0.3 is 19.9 Å². The van der Waals surface area contributed by atoms with E-state index in [4.69, 9.17) is 9.31 Å². The molecule has 7 heteroatoms. The first-order valence-corrected chi connectivity index (χ1v) is 16.8. The van der Waals surface area contributed by atoms with Gasteiger partial charge in [-0.05, 0) is 85.0 Å².